The molecule has 0 spiro atoms. The Morgan fingerprint density at radius 1 is 1.23 bits per heavy atom. The van der Waals surface area contributed by atoms with Crippen molar-refractivity contribution in [1.82, 2.24) is 14.9 Å². The number of nitrogens with one attached hydrogen (secondary N) is 1. The Hall–Kier alpha value is -3.05. The molecular formula is C18H19FN6O. The number of carbonyl (C=O) groups is 1. The molecule has 1 aromatic carbocycles. The number of rotatable bonds is 4. The van der Waals surface area contributed by atoms with Crippen LogP contribution >= 0.6 is 0 Å². The molecule has 0 aliphatic carbocycles. The average molecular weight is 354 g/mol. The Balaban J connectivity index is 1.61. The molecule has 1 aliphatic heterocycles. The first kappa shape index (κ1) is 17.8. The van der Waals surface area contributed by atoms with Crippen molar-refractivity contribution in [2.24, 2.45) is 0 Å². The van der Waals surface area contributed by atoms with E-state index in [2.05, 4.69) is 15.3 Å². The summed E-state index contributed by atoms with van der Waals surface area (Å²) in [6.45, 7) is 4.31. The molecule has 134 valence electrons. The van der Waals surface area contributed by atoms with E-state index in [0.717, 1.165) is 0 Å². The Morgan fingerprint density at radius 2 is 1.92 bits per heavy atom. The number of hydrogen-bond donors (Lipinski definition) is 1. The van der Waals surface area contributed by atoms with Crippen LogP contribution in [-0.2, 0) is 4.79 Å². The zero-order chi connectivity index (χ0) is 18.5. The molecule has 1 aromatic heterocycles. The molecule has 1 amide bonds. The zero-order valence-electron chi connectivity index (χ0n) is 14.4. The van der Waals surface area contributed by atoms with Crippen LogP contribution < -0.4 is 10.2 Å². The maximum atomic E-state index is 13.8. The molecule has 3 rings (SSSR count). The number of piperazine rings is 1. The quantitative estimate of drug-likeness (QED) is 0.898. The van der Waals surface area contributed by atoms with Gasteiger partial charge in [0.05, 0.1) is 11.7 Å². The third kappa shape index (κ3) is 3.78. The number of nitriles is 1. The predicted octanol–water partition coefficient (Wildman–Crippen LogP) is 1.64. The van der Waals surface area contributed by atoms with Gasteiger partial charge in [-0.15, -0.1) is 0 Å². The van der Waals surface area contributed by atoms with Gasteiger partial charge in [0.1, 0.15) is 17.4 Å². The van der Waals surface area contributed by atoms with Crippen LogP contribution in [0.4, 0.5) is 16.0 Å². The molecule has 8 heteroatoms. The van der Waals surface area contributed by atoms with Crippen molar-refractivity contribution in [3.05, 3.63) is 48.0 Å². The third-order valence-corrected chi connectivity index (χ3v) is 4.49. The van der Waals surface area contributed by atoms with Crippen LogP contribution in [0.5, 0.6) is 0 Å². The number of aromatic nitrogens is 2. The molecule has 2 aromatic rings. The Labute approximate surface area is 151 Å². The lowest BCUT2D eigenvalue weighted by atomic mass is 10.1. The highest BCUT2D eigenvalue weighted by atomic mass is 19.1. The van der Waals surface area contributed by atoms with Crippen LogP contribution in [0.25, 0.3) is 0 Å². The number of nitrogens with zero attached hydrogens (tertiary/aromatic N) is 5. The summed E-state index contributed by atoms with van der Waals surface area (Å²) in [5.41, 5.74) is 0.662. The van der Waals surface area contributed by atoms with Gasteiger partial charge in [-0.1, -0.05) is 6.07 Å². The van der Waals surface area contributed by atoms with Gasteiger partial charge >= 0.3 is 0 Å². The second kappa shape index (κ2) is 7.89. The van der Waals surface area contributed by atoms with Crippen molar-refractivity contribution in [2.45, 2.75) is 13.0 Å². The lowest BCUT2D eigenvalue weighted by molar-refractivity contribution is -0.120. The minimum atomic E-state index is -0.511. The van der Waals surface area contributed by atoms with Crippen molar-refractivity contribution in [3.63, 3.8) is 0 Å². The molecule has 7 nitrogen and oxygen atoms in total. The van der Waals surface area contributed by atoms with E-state index in [1.165, 1.54) is 6.07 Å². The first-order valence-corrected chi connectivity index (χ1v) is 8.35. The summed E-state index contributed by atoms with van der Waals surface area (Å²) < 4.78 is 13.8. The molecule has 1 fully saturated rings. The van der Waals surface area contributed by atoms with E-state index in [-0.39, 0.29) is 23.5 Å². The van der Waals surface area contributed by atoms with Crippen LogP contribution in [0.1, 0.15) is 12.5 Å². The number of benzene rings is 1. The van der Waals surface area contributed by atoms with Crippen molar-refractivity contribution in [1.29, 1.82) is 5.26 Å². The molecule has 1 saturated heterocycles. The fourth-order valence-electron chi connectivity index (χ4n) is 2.98. The van der Waals surface area contributed by atoms with Crippen LogP contribution in [-0.4, -0.2) is 53.0 Å². The fraction of sp³-hybridized carbons (Fsp3) is 0.333. The molecule has 0 saturated carbocycles. The molecule has 1 unspecified atom stereocenters. The van der Waals surface area contributed by atoms with Gasteiger partial charge in [0.25, 0.3) is 0 Å². The summed E-state index contributed by atoms with van der Waals surface area (Å²) in [6.07, 6.45) is 3.13. The maximum absolute atomic E-state index is 13.8. The van der Waals surface area contributed by atoms with Crippen LogP contribution in [0.2, 0.25) is 0 Å². The van der Waals surface area contributed by atoms with Gasteiger partial charge in [-0.05, 0) is 25.1 Å². The smallest absolute Gasteiger partial charge is 0.243 e. The van der Waals surface area contributed by atoms with Gasteiger partial charge in [0.2, 0.25) is 11.9 Å². The molecule has 0 radical (unpaired) electrons. The van der Waals surface area contributed by atoms with E-state index in [1.807, 2.05) is 22.8 Å². The van der Waals surface area contributed by atoms with Gasteiger partial charge in [0, 0.05) is 38.6 Å². The predicted molar refractivity (Wildman–Crippen MR) is 95.0 cm³/mol. The second-order valence-electron chi connectivity index (χ2n) is 6.01. The molecular weight excluding hydrogens is 335 g/mol. The van der Waals surface area contributed by atoms with E-state index in [0.29, 0.717) is 31.9 Å². The number of halogens is 1. The maximum Gasteiger partial charge on any atom is 0.243 e. The minimum Gasteiger partial charge on any atom is -0.368 e. The van der Waals surface area contributed by atoms with Crippen molar-refractivity contribution in [2.75, 3.05) is 36.4 Å². The zero-order valence-corrected chi connectivity index (χ0v) is 14.4. The summed E-state index contributed by atoms with van der Waals surface area (Å²) in [5.74, 6) is -0.405. The molecule has 1 atom stereocenters. The number of carbonyl (C=O) groups excluding carboxylic acids is 1. The van der Waals surface area contributed by atoms with Gasteiger partial charge in [-0.2, -0.15) is 5.26 Å². The van der Waals surface area contributed by atoms with Crippen LogP contribution in [0.3, 0.4) is 0 Å². The highest BCUT2D eigenvalue weighted by Gasteiger charge is 2.27. The lowest BCUT2D eigenvalue weighted by Crippen LogP contribution is -2.53. The fourth-order valence-corrected chi connectivity index (χ4v) is 2.98. The van der Waals surface area contributed by atoms with Crippen LogP contribution in [0, 0.1) is 17.1 Å². The summed E-state index contributed by atoms with van der Waals surface area (Å²) in [4.78, 5) is 24.4. The molecule has 1 aliphatic rings. The molecule has 0 bridgehead atoms. The van der Waals surface area contributed by atoms with E-state index in [1.54, 1.807) is 30.6 Å². The van der Waals surface area contributed by atoms with Gasteiger partial charge < -0.3 is 4.90 Å². The number of hydrogen-bond acceptors (Lipinski definition) is 6. The second-order valence-corrected chi connectivity index (χ2v) is 6.01. The molecule has 26 heavy (non-hydrogen) atoms. The standard InChI is InChI=1S/C18H19FN6O/c1-13(17(26)23-18-21-6-3-7-22-18)24-8-10-25(11-9-24)16-5-2-4-15(19)14(16)12-20/h2-7,13H,8-11H2,1H3,(H,21,22,23,26). The van der Waals surface area contributed by atoms with Crippen molar-refractivity contribution < 1.29 is 9.18 Å². The van der Waals surface area contributed by atoms with Gasteiger partial charge in [-0.3, -0.25) is 15.0 Å². The van der Waals surface area contributed by atoms with E-state index in [9.17, 15) is 14.4 Å². The normalized spacial score (nSPS) is 16.0. The monoisotopic (exact) mass is 354 g/mol. The highest BCUT2D eigenvalue weighted by molar-refractivity contribution is 5.93. The molecule has 1 N–H and O–H groups in total. The van der Waals surface area contributed by atoms with E-state index < -0.39 is 5.82 Å². The Bertz CT molecular complexity index is 814. The summed E-state index contributed by atoms with van der Waals surface area (Å²) in [5, 5.41) is 11.9. The number of anilines is 2. The third-order valence-electron chi connectivity index (χ3n) is 4.49. The first-order chi connectivity index (χ1) is 12.6. The summed E-state index contributed by atoms with van der Waals surface area (Å²) in [7, 11) is 0. The largest absolute Gasteiger partial charge is 0.368 e. The average Bonchev–Trinajstić information content (AvgIpc) is 2.68. The highest BCUT2D eigenvalue weighted by Crippen LogP contribution is 2.24. The minimum absolute atomic E-state index is 0.0629. The lowest BCUT2D eigenvalue weighted by Gasteiger charge is -2.38. The number of amides is 1. The SMILES string of the molecule is CC(C(=O)Nc1ncccn1)N1CCN(c2cccc(F)c2C#N)CC1. The Morgan fingerprint density at radius 3 is 2.58 bits per heavy atom. The van der Waals surface area contributed by atoms with Crippen LogP contribution in [0.15, 0.2) is 36.7 Å². The van der Waals surface area contributed by atoms with E-state index in [4.69, 9.17) is 0 Å². The van der Waals surface area contributed by atoms with Gasteiger partial charge in [0.15, 0.2) is 0 Å². The Kier molecular flexibility index (Phi) is 5.39. The summed E-state index contributed by atoms with van der Waals surface area (Å²) >= 11 is 0. The molecule has 2 heterocycles. The first-order valence-electron chi connectivity index (χ1n) is 8.35. The van der Waals surface area contributed by atoms with E-state index >= 15 is 0 Å². The van der Waals surface area contributed by atoms with Crippen molar-refractivity contribution in [3.8, 4) is 6.07 Å². The van der Waals surface area contributed by atoms with Gasteiger partial charge in [-0.25, -0.2) is 14.4 Å². The van der Waals surface area contributed by atoms with Crippen molar-refractivity contribution >= 4 is 17.5 Å². The summed E-state index contributed by atoms with van der Waals surface area (Å²) in [6, 6.07) is 7.91. The topological polar surface area (TPSA) is 85.2 Å².